The summed E-state index contributed by atoms with van der Waals surface area (Å²) < 4.78 is 0.998. The Kier molecular flexibility index (Phi) is 1.57. The van der Waals surface area contributed by atoms with Crippen molar-refractivity contribution in [2.45, 2.75) is 11.7 Å². The van der Waals surface area contributed by atoms with Gasteiger partial charge in [0.25, 0.3) is 0 Å². The molecule has 38 valence electrons. The van der Waals surface area contributed by atoms with Crippen LogP contribution in [0.15, 0.2) is 0 Å². The van der Waals surface area contributed by atoms with Crippen molar-refractivity contribution in [3.05, 3.63) is 0 Å². The molecule has 0 bridgehead atoms. The first-order chi connectivity index (χ1) is 3.29. The van der Waals surface area contributed by atoms with E-state index in [9.17, 15) is 4.79 Å². The number of carbonyl (C=O) groups excluding carboxylic acids is 1. The van der Waals surface area contributed by atoms with E-state index in [2.05, 4.69) is 0 Å². The maximum atomic E-state index is 10.4. The Morgan fingerprint density at radius 2 is 2.43 bits per heavy atom. The molecule has 7 heavy (non-hydrogen) atoms. The summed E-state index contributed by atoms with van der Waals surface area (Å²) in [5, 5.41) is 0.756. The molecule has 1 saturated heterocycles. The first-order valence-corrected chi connectivity index (χ1v) is 4.44. The molecule has 0 aromatic rings. The summed E-state index contributed by atoms with van der Waals surface area (Å²) in [5.41, 5.74) is 0. The fraction of sp³-hybridized carbons (Fsp3) is 0.500. The molecule has 1 heterocycles. The van der Waals surface area contributed by atoms with Crippen LogP contribution in [0.1, 0.15) is 6.42 Å². The van der Waals surface area contributed by atoms with E-state index in [0.29, 0.717) is 27.2 Å². The van der Waals surface area contributed by atoms with Crippen LogP contribution in [-0.2, 0) is 4.79 Å². The van der Waals surface area contributed by atoms with Crippen molar-refractivity contribution in [2.75, 3.05) is 0 Å². The third-order valence-electron chi connectivity index (χ3n) is 0.736. The van der Waals surface area contributed by atoms with E-state index >= 15 is 0 Å². The Morgan fingerprint density at radius 1 is 1.71 bits per heavy atom. The second-order valence-electron chi connectivity index (χ2n) is 1.38. The maximum absolute atomic E-state index is 10.4. The predicted molar refractivity (Wildman–Crippen MR) is 32.8 cm³/mol. The molecule has 1 fully saturated rings. The average molecular weight is 179 g/mol. The van der Waals surface area contributed by atoms with Crippen LogP contribution in [0, 0.1) is 0 Å². The van der Waals surface area contributed by atoms with Crippen LogP contribution in [0.4, 0.5) is 0 Å². The van der Waals surface area contributed by atoms with Crippen molar-refractivity contribution in [1.29, 1.82) is 0 Å². The second kappa shape index (κ2) is 2.03. The second-order valence-corrected chi connectivity index (χ2v) is 4.70. The van der Waals surface area contributed by atoms with E-state index in [1.165, 1.54) is 0 Å². The standard InChI is InChI=1S/C4H4OSSe/c5-3-1-4(6)7-2-3/h1-2H2. The summed E-state index contributed by atoms with van der Waals surface area (Å²) in [6.07, 6.45) is 0.593. The molecule has 1 rings (SSSR count). The van der Waals surface area contributed by atoms with E-state index in [0.717, 1.165) is 9.08 Å². The number of rotatable bonds is 0. The summed E-state index contributed by atoms with van der Waals surface area (Å²) in [6.45, 7) is 0. The minimum atomic E-state index is 0.338. The molecule has 1 aliphatic rings. The van der Waals surface area contributed by atoms with Crippen LogP contribution in [0.2, 0.25) is 5.32 Å². The number of ketones is 1. The normalized spacial score (nSPS) is 21.1. The Bertz CT molecular complexity index is 107. The van der Waals surface area contributed by atoms with Crippen molar-refractivity contribution >= 4 is 36.7 Å². The van der Waals surface area contributed by atoms with Gasteiger partial charge in [-0.1, -0.05) is 0 Å². The van der Waals surface area contributed by atoms with Crippen molar-refractivity contribution in [1.82, 2.24) is 0 Å². The zero-order valence-electron chi connectivity index (χ0n) is 3.64. The van der Waals surface area contributed by atoms with Crippen LogP contribution in [0.3, 0.4) is 0 Å². The molecule has 0 aromatic heterocycles. The average Bonchev–Trinajstić information content (AvgIpc) is 1.87. The van der Waals surface area contributed by atoms with Crippen LogP contribution < -0.4 is 0 Å². The molecular weight excluding hydrogens is 175 g/mol. The summed E-state index contributed by atoms with van der Waals surface area (Å²) in [6, 6.07) is 0. The molecular formula is C4H4OSSe. The molecule has 0 unspecified atom stereocenters. The first kappa shape index (κ1) is 5.42. The van der Waals surface area contributed by atoms with Crippen molar-refractivity contribution in [2.24, 2.45) is 0 Å². The number of hydrogen-bond donors (Lipinski definition) is 0. The minimum absolute atomic E-state index is 0.338. The van der Waals surface area contributed by atoms with E-state index in [4.69, 9.17) is 12.2 Å². The van der Waals surface area contributed by atoms with Crippen LogP contribution in [0.5, 0.6) is 0 Å². The number of carbonyl (C=O) groups is 1. The van der Waals surface area contributed by atoms with Gasteiger partial charge >= 0.3 is 53.3 Å². The van der Waals surface area contributed by atoms with Gasteiger partial charge in [-0.15, -0.1) is 0 Å². The molecule has 0 atom stereocenters. The number of hydrogen-bond acceptors (Lipinski definition) is 2. The van der Waals surface area contributed by atoms with Gasteiger partial charge in [0, 0.05) is 0 Å². The van der Waals surface area contributed by atoms with E-state index in [1.807, 2.05) is 0 Å². The fourth-order valence-corrected chi connectivity index (χ4v) is 2.33. The molecule has 0 aliphatic carbocycles. The Labute approximate surface area is 53.6 Å². The molecule has 1 nitrogen and oxygen atoms in total. The summed E-state index contributed by atoms with van der Waals surface area (Å²) in [5.74, 6) is 0.338. The zero-order chi connectivity index (χ0) is 5.28. The molecule has 0 amide bonds. The molecule has 0 saturated carbocycles. The van der Waals surface area contributed by atoms with Crippen molar-refractivity contribution in [3.8, 4) is 0 Å². The SMILES string of the molecule is O=C1C[Se]C(=S)C1. The predicted octanol–water partition coefficient (Wildman–Crippen LogP) is 0.409. The van der Waals surface area contributed by atoms with E-state index in [-0.39, 0.29) is 0 Å². The van der Waals surface area contributed by atoms with Gasteiger partial charge in [0.1, 0.15) is 0 Å². The van der Waals surface area contributed by atoms with Gasteiger partial charge in [0.05, 0.1) is 0 Å². The Hall–Kier alpha value is 0.279. The number of thiocarbonyl (C=S) groups is 1. The van der Waals surface area contributed by atoms with Crippen molar-refractivity contribution in [3.63, 3.8) is 0 Å². The van der Waals surface area contributed by atoms with E-state index in [1.54, 1.807) is 0 Å². The van der Waals surface area contributed by atoms with Crippen LogP contribution >= 0.6 is 12.2 Å². The monoisotopic (exact) mass is 180 g/mol. The first-order valence-electron chi connectivity index (χ1n) is 1.96. The Morgan fingerprint density at radius 3 is 2.57 bits per heavy atom. The van der Waals surface area contributed by atoms with Gasteiger partial charge in [-0.25, -0.2) is 0 Å². The third-order valence-corrected chi connectivity index (χ3v) is 3.45. The van der Waals surface area contributed by atoms with E-state index < -0.39 is 0 Å². The summed E-state index contributed by atoms with van der Waals surface area (Å²) in [7, 11) is 0. The van der Waals surface area contributed by atoms with Gasteiger partial charge in [0.15, 0.2) is 0 Å². The molecule has 0 aromatic carbocycles. The Balaban J connectivity index is 2.55. The van der Waals surface area contributed by atoms with Crippen LogP contribution in [-0.4, -0.2) is 24.5 Å². The molecule has 0 N–H and O–H groups in total. The van der Waals surface area contributed by atoms with Crippen LogP contribution in [0.25, 0.3) is 0 Å². The van der Waals surface area contributed by atoms with Crippen molar-refractivity contribution < 1.29 is 4.79 Å². The van der Waals surface area contributed by atoms with Gasteiger partial charge in [0.2, 0.25) is 0 Å². The molecule has 1 aliphatic heterocycles. The molecule has 3 heteroatoms. The summed E-state index contributed by atoms with van der Waals surface area (Å²) in [4.78, 5) is 10.4. The zero-order valence-corrected chi connectivity index (χ0v) is 6.17. The van der Waals surface area contributed by atoms with Gasteiger partial charge in [-0.05, 0) is 0 Å². The molecule has 0 radical (unpaired) electrons. The fourth-order valence-electron chi connectivity index (χ4n) is 0.424. The van der Waals surface area contributed by atoms with Gasteiger partial charge in [-0.3, -0.25) is 0 Å². The van der Waals surface area contributed by atoms with Gasteiger partial charge in [-0.2, -0.15) is 0 Å². The molecule has 0 spiro atoms. The third kappa shape index (κ3) is 1.34. The quantitative estimate of drug-likeness (QED) is 0.395. The van der Waals surface area contributed by atoms with Gasteiger partial charge < -0.3 is 0 Å². The topological polar surface area (TPSA) is 17.1 Å². The summed E-state index contributed by atoms with van der Waals surface area (Å²) >= 11 is 5.18. The number of Topliss-reactive ketones (excluding diaryl/α,β-unsaturated/α-hetero) is 1.